The first-order chi connectivity index (χ1) is 8.70. The molecule has 0 radical (unpaired) electrons. The Balaban J connectivity index is 2.09. The molecule has 1 atom stereocenters. The van der Waals surface area contributed by atoms with Gasteiger partial charge in [0.15, 0.2) is 0 Å². The molecule has 2 rings (SSSR count). The van der Waals surface area contributed by atoms with Gasteiger partial charge in [-0.2, -0.15) is 10.4 Å². The van der Waals surface area contributed by atoms with Crippen molar-refractivity contribution in [3.63, 3.8) is 0 Å². The van der Waals surface area contributed by atoms with Gasteiger partial charge in [0.1, 0.15) is 6.04 Å². The zero-order chi connectivity index (χ0) is 13.0. The van der Waals surface area contributed by atoms with Gasteiger partial charge in [0.2, 0.25) is 5.91 Å². The van der Waals surface area contributed by atoms with Gasteiger partial charge < -0.3 is 5.32 Å². The number of nitrogens with zero attached hydrogens (tertiary/aromatic N) is 3. The zero-order valence-corrected chi connectivity index (χ0v) is 9.87. The first kappa shape index (κ1) is 11.9. The lowest BCUT2D eigenvalue weighted by molar-refractivity contribution is -0.119. The van der Waals surface area contributed by atoms with Crippen LogP contribution >= 0.6 is 0 Å². The highest BCUT2D eigenvalue weighted by Crippen LogP contribution is 2.12. The van der Waals surface area contributed by atoms with E-state index >= 15 is 0 Å². The van der Waals surface area contributed by atoms with E-state index in [0.29, 0.717) is 11.3 Å². The Morgan fingerprint density at radius 3 is 3.00 bits per heavy atom. The number of hydrogen-bond acceptors (Lipinski definition) is 3. The minimum Gasteiger partial charge on any atom is -0.324 e. The molecule has 5 nitrogen and oxygen atoms in total. The second-order valence-electron chi connectivity index (χ2n) is 3.84. The average molecular weight is 240 g/mol. The van der Waals surface area contributed by atoms with E-state index in [2.05, 4.69) is 10.4 Å². The fourth-order valence-electron chi connectivity index (χ4n) is 1.54. The minimum absolute atomic E-state index is 0.172. The topological polar surface area (TPSA) is 70.7 Å². The molecule has 90 valence electrons. The molecule has 0 aliphatic carbocycles. The molecule has 0 bridgehead atoms. The number of anilines is 1. The van der Waals surface area contributed by atoms with Crippen LogP contribution < -0.4 is 5.32 Å². The molecule has 1 aromatic carbocycles. The second kappa shape index (κ2) is 5.15. The zero-order valence-electron chi connectivity index (χ0n) is 9.87. The van der Waals surface area contributed by atoms with E-state index in [1.807, 2.05) is 6.07 Å². The Morgan fingerprint density at radius 1 is 1.50 bits per heavy atom. The van der Waals surface area contributed by atoms with Crippen molar-refractivity contribution in [1.82, 2.24) is 9.78 Å². The Kier molecular flexibility index (Phi) is 3.39. The normalized spacial score (nSPS) is 11.6. The van der Waals surface area contributed by atoms with Crippen molar-refractivity contribution in [2.45, 2.75) is 13.0 Å². The van der Waals surface area contributed by atoms with Gasteiger partial charge in [-0.15, -0.1) is 0 Å². The summed E-state index contributed by atoms with van der Waals surface area (Å²) in [6, 6.07) is 10.2. The highest BCUT2D eigenvalue weighted by Gasteiger charge is 2.14. The van der Waals surface area contributed by atoms with Gasteiger partial charge >= 0.3 is 0 Å². The van der Waals surface area contributed by atoms with Crippen LogP contribution in [-0.2, 0) is 4.79 Å². The van der Waals surface area contributed by atoms with Crippen LogP contribution in [0.15, 0.2) is 42.7 Å². The molecule has 1 N–H and O–H groups in total. The third-order valence-corrected chi connectivity index (χ3v) is 2.56. The summed E-state index contributed by atoms with van der Waals surface area (Å²) in [6.45, 7) is 1.76. The fraction of sp³-hybridized carbons (Fsp3) is 0.154. The summed E-state index contributed by atoms with van der Waals surface area (Å²) < 4.78 is 1.57. The maximum absolute atomic E-state index is 12.0. The molecule has 1 heterocycles. The Labute approximate surface area is 105 Å². The van der Waals surface area contributed by atoms with Crippen LogP contribution in [0.25, 0.3) is 0 Å². The third kappa shape index (κ3) is 2.55. The van der Waals surface area contributed by atoms with Crippen molar-refractivity contribution < 1.29 is 4.79 Å². The lowest BCUT2D eigenvalue weighted by Gasteiger charge is -2.12. The first-order valence-electron chi connectivity index (χ1n) is 5.51. The Morgan fingerprint density at radius 2 is 2.33 bits per heavy atom. The van der Waals surface area contributed by atoms with Crippen LogP contribution in [-0.4, -0.2) is 15.7 Å². The van der Waals surface area contributed by atoms with E-state index in [9.17, 15) is 4.79 Å². The quantitative estimate of drug-likeness (QED) is 0.891. The highest BCUT2D eigenvalue weighted by atomic mass is 16.2. The summed E-state index contributed by atoms with van der Waals surface area (Å²) in [5.74, 6) is -0.172. The van der Waals surface area contributed by atoms with Crippen molar-refractivity contribution in [3.8, 4) is 6.07 Å². The van der Waals surface area contributed by atoms with Crippen LogP contribution in [0.1, 0.15) is 18.5 Å². The number of nitriles is 1. The van der Waals surface area contributed by atoms with Crippen molar-refractivity contribution in [3.05, 3.63) is 48.3 Å². The molecule has 0 saturated heterocycles. The molecule has 2 aromatic rings. The third-order valence-electron chi connectivity index (χ3n) is 2.56. The van der Waals surface area contributed by atoms with E-state index < -0.39 is 6.04 Å². The van der Waals surface area contributed by atoms with Crippen molar-refractivity contribution >= 4 is 11.6 Å². The van der Waals surface area contributed by atoms with E-state index in [4.69, 9.17) is 5.26 Å². The number of nitrogens with one attached hydrogen (secondary N) is 1. The van der Waals surface area contributed by atoms with Crippen molar-refractivity contribution in [2.75, 3.05) is 5.32 Å². The average Bonchev–Trinajstić information content (AvgIpc) is 2.92. The van der Waals surface area contributed by atoms with Crippen LogP contribution in [0, 0.1) is 11.3 Å². The molecule has 5 heteroatoms. The van der Waals surface area contributed by atoms with Crippen LogP contribution in [0.3, 0.4) is 0 Å². The van der Waals surface area contributed by atoms with Gasteiger partial charge in [0, 0.05) is 18.1 Å². The van der Waals surface area contributed by atoms with Gasteiger partial charge in [0.05, 0.1) is 11.6 Å². The van der Waals surface area contributed by atoms with Gasteiger partial charge in [-0.25, -0.2) is 0 Å². The number of carbonyl (C=O) groups excluding carboxylic acids is 1. The molecule has 0 aliphatic heterocycles. The first-order valence-corrected chi connectivity index (χ1v) is 5.51. The number of amides is 1. The summed E-state index contributed by atoms with van der Waals surface area (Å²) >= 11 is 0. The number of hydrogen-bond donors (Lipinski definition) is 1. The second-order valence-corrected chi connectivity index (χ2v) is 3.84. The summed E-state index contributed by atoms with van der Waals surface area (Å²) in [6.07, 6.45) is 3.36. The van der Waals surface area contributed by atoms with E-state index in [1.54, 1.807) is 54.3 Å². The lowest BCUT2D eigenvalue weighted by atomic mass is 10.2. The fourth-order valence-corrected chi connectivity index (χ4v) is 1.54. The Hall–Kier alpha value is -2.61. The largest absolute Gasteiger partial charge is 0.324 e. The van der Waals surface area contributed by atoms with Gasteiger partial charge in [0.25, 0.3) is 0 Å². The standard InChI is InChI=1S/C13H12N4O/c1-10(17-7-3-6-15-17)13(18)16-12-5-2-4-11(8-12)9-14/h2-8,10H,1H3,(H,16,18)/t10-/m0/s1. The highest BCUT2D eigenvalue weighted by molar-refractivity contribution is 5.93. The molecule has 18 heavy (non-hydrogen) atoms. The van der Waals surface area contributed by atoms with Crippen molar-refractivity contribution in [2.24, 2.45) is 0 Å². The summed E-state index contributed by atoms with van der Waals surface area (Å²) in [5, 5.41) is 15.5. The lowest BCUT2D eigenvalue weighted by Crippen LogP contribution is -2.23. The molecular weight excluding hydrogens is 228 g/mol. The van der Waals surface area contributed by atoms with Crippen molar-refractivity contribution in [1.29, 1.82) is 5.26 Å². The minimum atomic E-state index is -0.397. The number of benzene rings is 1. The van der Waals surface area contributed by atoms with E-state index in [0.717, 1.165) is 0 Å². The maximum atomic E-state index is 12.0. The number of carbonyl (C=O) groups is 1. The number of rotatable bonds is 3. The monoisotopic (exact) mass is 240 g/mol. The Bertz CT molecular complexity index is 583. The van der Waals surface area contributed by atoms with Crippen LogP contribution in [0.4, 0.5) is 5.69 Å². The molecular formula is C13H12N4O. The SMILES string of the molecule is C[C@@H](C(=O)Nc1cccc(C#N)c1)n1cccn1. The smallest absolute Gasteiger partial charge is 0.248 e. The summed E-state index contributed by atoms with van der Waals surface area (Å²) in [4.78, 5) is 12.0. The molecule has 0 fully saturated rings. The van der Waals surface area contributed by atoms with Gasteiger partial charge in [-0.3, -0.25) is 9.48 Å². The maximum Gasteiger partial charge on any atom is 0.248 e. The molecule has 0 aliphatic rings. The molecule has 0 saturated carbocycles. The molecule has 1 amide bonds. The summed E-state index contributed by atoms with van der Waals surface area (Å²) in [7, 11) is 0. The van der Waals surface area contributed by atoms with Crippen LogP contribution in [0.5, 0.6) is 0 Å². The predicted octanol–water partition coefficient (Wildman–Crippen LogP) is 1.95. The summed E-state index contributed by atoms with van der Waals surface area (Å²) in [5.41, 5.74) is 1.12. The van der Waals surface area contributed by atoms with E-state index in [-0.39, 0.29) is 5.91 Å². The van der Waals surface area contributed by atoms with Gasteiger partial charge in [-0.1, -0.05) is 6.07 Å². The predicted molar refractivity (Wildman–Crippen MR) is 66.7 cm³/mol. The van der Waals surface area contributed by atoms with Gasteiger partial charge in [-0.05, 0) is 31.2 Å². The molecule has 0 spiro atoms. The van der Waals surface area contributed by atoms with Crippen LogP contribution in [0.2, 0.25) is 0 Å². The molecule has 1 aromatic heterocycles. The van der Waals surface area contributed by atoms with E-state index in [1.165, 1.54) is 0 Å². The molecule has 0 unspecified atom stereocenters. The number of aromatic nitrogens is 2.